The van der Waals surface area contributed by atoms with Crippen LogP contribution in [0.15, 0.2) is 24.3 Å². The number of ether oxygens (including phenoxy) is 2. The Kier molecular flexibility index (Phi) is 14.5. The summed E-state index contributed by atoms with van der Waals surface area (Å²) in [5.41, 5.74) is 0. The zero-order valence-corrected chi connectivity index (χ0v) is 15.3. The second-order valence-corrected chi connectivity index (χ2v) is 6.61. The van der Waals surface area contributed by atoms with Crippen LogP contribution < -0.4 is 0 Å². The molecule has 134 valence electrons. The van der Waals surface area contributed by atoms with Crippen molar-refractivity contribution in [1.82, 2.24) is 0 Å². The van der Waals surface area contributed by atoms with Gasteiger partial charge in [0.05, 0.1) is 13.2 Å². The van der Waals surface area contributed by atoms with Gasteiger partial charge in [-0.1, -0.05) is 69.8 Å². The predicted octanol–water partition coefficient (Wildman–Crippen LogP) is 6.22. The van der Waals surface area contributed by atoms with Crippen LogP contribution in [0.1, 0.15) is 84.0 Å². The monoisotopic (exact) mass is 322 g/mol. The molecule has 0 unspecified atom stereocenters. The van der Waals surface area contributed by atoms with E-state index in [9.17, 15) is 0 Å². The highest BCUT2D eigenvalue weighted by Gasteiger charge is 2.21. The van der Waals surface area contributed by atoms with Gasteiger partial charge in [-0.3, -0.25) is 0 Å². The summed E-state index contributed by atoms with van der Waals surface area (Å²) in [6, 6.07) is 0. The molecule has 2 heteroatoms. The molecule has 2 nitrogen and oxygen atoms in total. The summed E-state index contributed by atoms with van der Waals surface area (Å²) >= 11 is 0. The lowest BCUT2D eigenvalue weighted by Gasteiger charge is -2.02. The third-order valence-electron chi connectivity index (χ3n) is 4.20. The van der Waals surface area contributed by atoms with Crippen LogP contribution in [0.3, 0.4) is 0 Å². The van der Waals surface area contributed by atoms with E-state index in [1.807, 2.05) is 0 Å². The van der Waals surface area contributed by atoms with Gasteiger partial charge in [0.2, 0.25) is 0 Å². The van der Waals surface area contributed by atoms with Crippen LogP contribution in [-0.4, -0.2) is 25.9 Å². The molecule has 0 amide bonds. The van der Waals surface area contributed by atoms with Crippen molar-refractivity contribution in [2.75, 3.05) is 19.8 Å². The molecule has 0 N–H and O–H groups in total. The fourth-order valence-electron chi connectivity index (χ4n) is 2.57. The molecule has 1 rings (SSSR count). The molecule has 0 spiro atoms. The number of hydrogen-bond donors (Lipinski definition) is 0. The maximum Gasteiger partial charge on any atom is 0.104 e. The summed E-state index contributed by atoms with van der Waals surface area (Å²) < 4.78 is 10.6. The van der Waals surface area contributed by atoms with E-state index in [0.717, 1.165) is 26.2 Å². The number of epoxide rings is 1. The molecule has 0 aromatic carbocycles. The quantitative estimate of drug-likeness (QED) is 0.180. The normalized spacial score (nSPS) is 17.5. The van der Waals surface area contributed by atoms with Crippen molar-refractivity contribution >= 4 is 0 Å². The minimum atomic E-state index is 0.416. The minimum absolute atomic E-state index is 0.416. The Morgan fingerprint density at radius 2 is 1.43 bits per heavy atom. The Morgan fingerprint density at radius 3 is 2.09 bits per heavy atom. The maximum atomic E-state index is 5.54. The summed E-state index contributed by atoms with van der Waals surface area (Å²) in [7, 11) is 0. The van der Waals surface area contributed by atoms with E-state index in [1.165, 1.54) is 70.6 Å². The fraction of sp³-hybridized carbons (Fsp3) is 0.810. The standard InChI is InChI=1S/C21H38O2/c1-2-3-4-5-6-7-8-9-10-11-12-13-14-15-16-17-18-22-19-21-20-23-21/h6-7,9-10,21H,2-5,8,11-20H2,1H3/t21-/m1/s1. The van der Waals surface area contributed by atoms with E-state index in [-0.39, 0.29) is 0 Å². The number of allylic oxidation sites excluding steroid dienone is 4. The van der Waals surface area contributed by atoms with Crippen molar-refractivity contribution in [3.8, 4) is 0 Å². The lowest BCUT2D eigenvalue weighted by molar-refractivity contribution is 0.113. The maximum absolute atomic E-state index is 5.54. The molecule has 0 aliphatic carbocycles. The van der Waals surface area contributed by atoms with Crippen molar-refractivity contribution < 1.29 is 9.47 Å². The van der Waals surface area contributed by atoms with Gasteiger partial charge < -0.3 is 9.47 Å². The first kappa shape index (κ1) is 20.4. The molecule has 1 aliphatic rings. The highest BCUT2D eigenvalue weighted by atomic mass is 16.6. The van der Waals surface area contributed by atoms with E-state index in [0.29, 0.717) is 6.10 Å². The molecule has 1 fully saturated rings. The van der Waals surface area contributed by atoms with Crippen LogP contribution in [0.25, 0.3) is 0 Å². The molecule has 0 radical (unpaired) electrons. The highest BCUT2D eigenvalue weighted by molar-refractivity contribution is 4.92. The van der Waals surface area contributed by atoms with Gasteiger partial charge in [0, 0.05) is 6.61 Å². The van der Waals surface area contributed by atoms with Gasteiger partial charge in [-0.25, -0.2) is 0 Å². The van der Waals surface area contributed by atoms with Crippen LogP contribution >= 0.6 is 0 Å². The predicted molar refractivity (Wildman–Crippen MR) is 99.9 cm³/mol. The topological polar surface area (TPSA) is 21.8 Å². The van der Waals surface area contributed by atoms with Gasteiger partial charge in [0.25, 0.3) is 0 Å². The molecule has 1 atom stereocenters. The third-order valence-corrected chi connectivity index (χ3v) is 4.20. The Labute approximate surface area is 144 Å². The molecule has 0 saturated carbocycles. The smallest absolute Gasteiger partial charge is 0.104 e. The van der Waals surface area contributed by atoms with Crippen LogP contribution in [0.2, 0.25) is 0 Å². The molecule has 1 saturated heterocycles. The summed E-state index contributed by atoms with van der Waals surface area (Å²) in [5.74, 6) is 0. The average Bonchev–Trinajstić information content (AvgIpc) is 3.38. The van der Waals surface area contributed by atoms with Crippen LogP contribution in [-0.2, 0) is 9.47 Å². The van der Waals surface area contributed by atoms with Crippen molar-refractivity contribution in [3.05, 3.63) is 24.3 Å². The van der Waals surface area contributed by atoms with Crippen molar-refractivity contribution in [3.63, 3.8) is 0 Å². The first-order valence-electron chi connectivity index (χ1n) is 9.92. The van der Waals surface area contributed by atoms with Crippen LogP contribution in [0, 0.1) is 0 Å². The van der Waals surface area contributed by atoms with Gasteiger partial charge in [-0.15, -0.1) is 0 Å². The van der Waals surface area contributed by atoms with Gasteiger partial charge in [0.1, 0.15) is 6.10 Å². The largest absolute Gasteiger partial charge is 0.379 e. The van der Waals surface area contributed by atoms with Crippen molar-refractivity contribution in [2.24, 2.45) is 0 Å². The van der Waals surface area contributed by atoms with E-state index >= 15 is 0 Å². The van der Waals surface area contributed by atoms with Crippen molar-refractivity contribution in [2.45, 2.75) is 90.1 Å². The SMILES string of the molecule is CCCCCC=CCC=CCCCCCCCCOC[C@@H]1CO1. The summed E-state index contributed by atoms with van der Waals surface area (Å²) in [4.78, 5) is 0. The summed E-state index contributed by atoms with van der Waals surface area (Å²) in [6.07, 6.45) is 25.3. The molecule has 0 aromatic rings. The van der Waals surface area contributed by atoms with Gasteiger partial charge >= 0.3 is 0 Å². The Balaban J connectivity index is 1.69. The number of rotatable bonds is 17. The van der Waals surface area contributed by atoms with Crippen LogP contribution in [0.5, 0.6) is 0 Å². The fourth-order valence-corrected chi connectivity index (χ4v) is 2.57. The van der Waals surface area contributed by atoms with E-state index in [4.69, 9.17) is 9.47 Å². The van der Waals surface area contributed by atoms with Gasteiger partial charge in [-0.05, 0) is 38.5 Å². The average molecular weight is 323 g/mol. The highest BCUT2D eigenvalue weighted by Crippen LogP contribution is 2.10. The Bertz CT molecular complexity index is 292. The second-order valence-electron chi connectivity index (χ2n) is 6.61. The molecule has 1 heterocycles. The zero-order valence-electron chi connectivity index (χ0n) is 15.3. The van der Waals surface area contributed by atoms with Crippen molar-refractivity contribution in [1.29, 1.82) is 0 Å². The Morgan fingerprint density at radius 1 is 0.826 bits per heavy atom. The lowest BCUT2D eigenvalue weighted by atomic mass is 10.1. The molecular weight excluding hydrogens is 284 g/mol. The molecular formula is C21H38O2. The molecule has 0 aromatic heterocycles. The van der Waals surface area contributed by atoms with E-state index < -0.39 is 0 Å². The zero-order chi connectivity index (χ0) is 16.4. The van der Waals surface area contributed by atoms with E-state index in [1.54, 1.807) is 0 Å². The molecule has 1 aliphatic heterocycles. The lowest BCUT2D eigenvalue weighted by Crippen LogP contribution is -2.02. The van der Waals surface area contributed by atoms with Crippen LogP contribution in [0.4, 0.5) is 0 Å². The number of hydrogen-bond acceptors (Lipinski definition) is 2. The summed E-state index contributed by atoms with van der Waals surface area (Å²) in [6.45, 7) is 4.88. The van der Waals surface area contributed by atoms with Gasteiger partial charge in [-0.2, -0.15) is 0 Å². The molecule has 0 bridgehead atoms. The molecule has 23 heavy (non-hydrogen) atoms. The van der Waals surface area contributed by atoms with E-state index in [2.05, 4.69) is 31.2 Å². The number of unbranched alkanes of at least 4 members (excludes halogenated alkanes) is 9. The first-order chi connectivity index (χ1) is 11.4. The summed E-state index contributed by atoms with van der Waals surface area (Å²) in [5, 5.41) is 0. The first-order valence-corrected chi connectivity index (χ1v) is 9.92. The van der Waals surface area contributed by atoms with Gasteiger partial charge in [0.15, 0.2) is 0 Å². The third kappa shape index (κ3) is 16.1. The Hall–Kier alpha value is -0.600. The second kappa shape index (κ2) is 16.3. The minimum Gasteiger partial charge on any atom is -0.379 e.